The highest BCUT2D eigenvalue weighted by molar-refractivity contribution is 7.13. The van der Waals surface area contributed by atoms with Gasteiger partial charge in [0.05, 0.1) is 16.4 Å². The van der Waals surface area contributed by atoms with Gasteiger partial charge in [0.25, 0.3) is 0 Å². The highest BCUT2D eigenvalue weighted by Gasteiger charge is 1.93. The molecule has 0 amide bonds. The van der Waals surface area contributed by atoms with Crippen LogP contribution in [0.25, 0.3) is 0 Å². The summed E-state index contributed by atoms with van der Waals surface area (Å²) in [4.78, 5) is 1.91. The van der Waals surface area contributed by atoms with Crippen LogP contribution in [0.4, 0.5) is 0 Å². The van der Waals surface area contributed by atoms with Gasteiger partial charge in [-0.2, -0.15) is 0 Å². The van der Waals surface area contributed by atoms with Gasteiger partial charge in [0, 0.05) is 0 Å². The summed E-state index contributed by atoms with van der Waals surface area (Å²) in [5.41, 5.74) is 0. The monoisotopic (exact) mass is 248 g/mol. The number of alkyl halides is 1. The van der Waals surface area contributed by atoms with E-state index in [9.17, 15) is 0 Å². The molecule has 1 aromatic rings. The van der Waals surface area contributed by atoms with Crippen LogP contribution >= 0.6 is 22.9 Å². The van der Waals surface area contributed by atoms with Crippen molar-refractivity contribution in [3.63, 3.8) is 0 Å². The molecule has 80 valence electrons. The van der Waals surface area contributed by atoms with Crippen LogP contribution in [-0.4, -0.2) is 17.1 Å². The van der Waals surface area contributed by atoms with Crippen molar-refractivity contribution in [2.75, 3.05) is 6.61 Å². The molecule has 0 fully saturated rings. The third kappa shape index (κ3) is 4.43. The molecule has 0 aromatic carbocycles. The number of thiophene rings is 1. The minimum absolute atomic E-state index is 0.161. The van der Waals surface area contributed by atoms with Crippen molar-refractivity contribution in [1.29, 1.82) is 0 Å². The lowest BCUT2D eigenvalue weighted by Gasteiger charge is -1.88. The van der Waals surface area contributed by atoms with Crippen molar-refractivity contribution in [2.24, 2.45) is 0 Å². The van der Waals surface area contributed by atoms with Crippen LogP contribution in [0.5, 0.6) is 0 Å². The zero-order valence-electron chi connectivity index (χ0n) is 8.67. The van der Waals surface area contributed by atoms with Gasteiger partial charge >= 0.3 is 0 Å². The van der Waals surface area contributed by atoms with Gasteiger partial charge in [0.2, 0.25) is 0 Å². The fourth-order valence-electron chi connectivity index (χ4n) is 0.848. The van der Waals surface area contributed by atoms with Gasteiger partial charge in [-0.25, -0.2) is 0 Å². The fraction of sp³-hybridized carbons (Fsp3) is 0.231. The third-order valence-electron chi connectivity index (χ3n) is 1.49. The van der Waals surface area contributed by atoms with Crippen LogP contribution in [-0.2, 0) is 0 Å². The van der Waals surface area contributed by atoms with Crippen LogP contribution in [0.3, 0.4) is 0 Å². The van der Waals surface area contributed by atoms with E-state index in [1.54, 1.807) is 6.92 Å². The molecule has 0 saturated heterocycles. The average molecular weight is 249 g/mol. The Morgan fingerprint density at radius 2 is 2.00 bits per heavy atom. The minimum atomic E-state index is -0.542. The normalized spacial score (nSPS) is 9.94. The summed E-state index contributed by atoms with van der Waals surface area (Å²) in [5.74, 6) is 16.5. The molecule has 0 bridgehead atoms. The van der Waals surface area contributed by atoms with E-state index >= 15 is 0 Å². The molecule has 1 aromatic heterocycles. The number of aliphatic hydroxyl groups is 1. The second-order valence-corrected chi connectivity index (χ2v) is 4.32. The predicted molar refractivity (Wildman–Crippen MR) is 68.3 cm³/mol. The number of aliphatic hydroxyl groups excluding tert-OH is 1. The van der Waals surface area contributed by atoms with Crippen LogP contribution in [0.1, 0.15) is 16.7 Å². The van der Waals surface area contributed by atoms with Crippen molar-refractivity contribution < 1.29 is 5.11 Å². The van der Waals surface area contributed by atoms with E-state index in [0.717, 1.165) is 9.75 Å². The van der Waals surface area contributed by atoms with Gasteiger partial charge in [-0.05, 0) is 36.8 Å². The Hall–Kier alpha value is -1.37. The highest BCUT2D eigenvalue weighted by atomic mass is 35.5. The molecule has 1 heterocycles. The summed E-state index contributed by atoms with van der Waals surface area (Å²) >= 11 is 7.11. The molecule has 3 heteroatoms. The van der Waals surface area contributed by atoms with E-state index in [0.29, 0.717) is 0 Å². The lowest BCUT2D eigenvalue weighted by atomic mass is 10.4. The van der Waals surface area contributed by atoms with Gasteiger partial charge in [-0.1, -0.05) is 11.8 Å². The third-order valence-corrected chi connectivity index (χ3v) is 2.65. The van der Waals surface area contributed by atoms with Gasteiger partial charge in [-0.15, -0.1) is 28.9 Å². The van der Waals surface area contributed by atoms with Gasteiger partial charge in [0.1, 0.15) is 5.38 Å². The van der Waals surface area contributed by atoms with Crippen LogP contribution in [0.2, 0.25) is 0 Å². The Morgan fingerprint density at radius 3 is 2.62 bits per heavy atom. The standard InChI is InChI=1S/C13H9ClOS/c1-2-5-12-8-9-13(16-12)7-4-3-6-11(14)10-15/h8-9,11,15H,10H2,1H3. The van der Waals surface area contributed by atoms with Crippen LogP contribution in [0.15, 0.2) is 12.1 Å². The van der Waals surface area contributed by atoms with Crippen molar-refractivity contribution in [1.82, 2.24) is 0 Å². The summed E-state index contributed by atoms with van der Waals surface area (Å²) in [5, 5.41) is 8.08. The Kier molecular flexibility index (Phi) is 5.55. The summed E-state index contributed by atoms with van der Waals surface area (Å²) < 4.78 is 0. The zero-order chi connectivity index (χ0) is 11.8. The molecule has 0 aliphatic heterocycles. The maximum absolute atomic E-state index is 8.62. The molecule has 1 N–H and O–H groups in total. The number of halogens is 1. The predicted octanol–water partition coefficient (Wildman–Crippen LogP) is 2.07. The Labute approximate surface area is 104 Å². The van der Waals surface area contributed by atoms with Gasteiger partial charge in [0.15, 0.2) is 0 Å². The molecule has 0 radical (unpaired) electrons. The first-order valence-electron chi connectivity index (χ1n) is 4.55. The molecule has 1 unspecified atom stereocenters. The first-order chi connectivity index (χ1) is 7.76. The number of rotatable bonds is 1. The Morgan fingerprint density at radius 1 is 1.31 bits per heavy atom. The molecule has 16 heavy (non-hydrogen) atoms. The fourth-order valence-corrected chi connectivity index (χ4v) is 1.67. The lowest BCUT2D eigenvalue weighted by Crippen LogP contribution is -1.99. The van der Waals surface area contributed by atoms with Crippen LogP contribution < -0.4 is 0 Å². The SMILES string of the molecule is CC#Cc1ccc(C#CC#CC(Cl)CO)s1. The molecule has 0 saturated carbocycles. The van der Waals surface area contributed by atoms with E-state index < -0.39 is 5.38 Å². The molecule has 0 aliphatic rings. The zero-order valence-corrected chi connectivity index (χ0v) is 10.2. The molecule has 1 atom stereocenters. The van der Waals surface area contributed by atoms with Gasteiger partial charge in [-0.3, -0.25) is 0 Å². The Balaban J connectivity index is 2.67. The maximum atomic E-state index is 8.62. The molecule has 0 aliphatic carbocycles. The number of hydrogen-bond donors (Lipinski definition) is 1. The van der Waals surface area contributed by atoms with Crippen molar-refractivity contribution in [2.45, 2.75) is 12.3 Å². The topological polar surface area (TPSA) is 20.2 Å². The average Bonchev–Trinajstić information content (AvgIpc) is 2.72. The first kappa shape index (κ1) is 12.7. The van der Waals surface area contributed by atoms with Gasteiger partial charge < -0.3 is 5.11 Å². The highest BCUT2D eigenvalue weighted by Crippen LogP contribution is 2.13. The van der Waals surface area contributed by atoms with E-state index in [2.05, 4.69) is 35.5 Å². The largest absolute Gasteiger partial charge is 0.394 e. The summed E-state index contributed by atoms with van der Waals surface area (Å²) in [6.07, 6.45) is 0. The number of hydrogen-bond acceptors (Lipinski definition) is 2. The summed E-state index contributed by atoms with van der Waals surface area (Å²) in [7, 11) is 0. The molecular weight excluding hydrogens is 240 g/mol. The quantitative estimate of drug-likeness (QED) is 0.596. The van der Waals surface area contributed by atoms with Crippen molar-refractivity contribution in [3.8, 4) is 35.5 Å². The molecule has 1 rings (SSSR count). The Bertz CT molecular complexity index is 525. The van der Waals surface area contributed by atoms with Crippen molar-refractivity contribution >= 4 is 22.9 Å². The summed E-state index contributed by atoms with van der Waals surface area (Å²) in [6.45, 7) is 1.64. The minimum Gasteiger partial charge on any atom is -0.394 e. The first-order valence-corrected chi connectivity index (χ1v) is 5.80. The van der Waals surface area contributed by atoms with Crippen LogP contribution in [0, 0.1) is 35.5 Å². The van der Waals surface area contributed by atoms with E-state index in [4.69, 9.17) is 16.7 Å². The maximum Gasteiger partial charge on any atom is 0.118 e. The molecule has 0 spiro atoms. The summed E-state index contributed by atoms with van der Waals surface area (Å²) in [6, 6.07) is 3.83. The van der Waals surface area contributed by atoms with E-state index in [1.165, 1.54) is 11.3 Å². The van der Waals surface area contributed by atoms with E-state index in [-0.39, 0.29) is 6.61 Å². The molecular formula is C13H9ClOS. The van der Waals surface area contributed by atoms with E-state index in [1.807, 2.05) is 12.1 Å². The molecule has 1 nitrogen and oxygen atoms in total. The second kappa shape index (κ2) is 7.00. The van der Waals surface area contributed by atoms with Crippen molar-refractivity contribution in [3.05, 3.63) is 21.9 Å². The lowest BCUT2D eigenvalue weighted by molar-refractivity contribution is 0.307. The smallest absolute Gasteiger partial charge is 0.118 e. The second-order valence-electron chi connectivity index (χ2n) is 2.71.